The Morgan fingerprint density at radius 2 is 2.00 bits per heavy atom. The number of fused-ring (bicyclic) bond motifs is 1. The lowest BCUT2D eigenvalue weighted by Crippen LogP contribution is -2.19. The molecule has 3 rings (SSSR count). The monoisotopic (exact) mass is 202 g/mol. The Kier molecular flexibility index (Phi) is 1.77. The van der Waals surface area contributed by atoms with Crippen molar-refractivity contribution in [3.8, 4) is 0 Å². The summed E-state index contributed by atoms with van der Waals surface area (Å²) in [6, 6.07) is 3.94. The molecular formula is C10H12N5. The van der Waals surface area contributed by atoms with E-state index in [4.69, 9.17) is 5.73 Å². The van der Waals surface area contributed by atoms with Gasteiger partial charge < -0.3 is 10.6 Å². The zero-order valence-electron chi connectivity index (χ0n) is 8.35. The van der Waals surface area contributed by atoms with Gasteiger partial charge in [-0.1, -0.05) is 0 Å². The van der Waals surface area contributed by atoms with Gasteiger partial charge in [0.05, 0.1) is 5.56 Å². The van der Waals surface area contributed by atoms with Gasteiger partial charge >= 0.3 is 0 Å². The molecule has 1 aromatic heterocycles. The fourth-order valence-electron chi connectivity index (χ4n) is 1.99. The van der Waals surface area contributed by atoms with Gasteiger partial charge in [0.1, 0.15) is 5.82 Å². The third-order valence-electron chi connectivity index (χ3n) is 2.82. The number of amidine groups is 1. The maximum atomic E-state index is 5.65. The van der Waals surface area contributed by atoms with Crippen molar-refractivity contribution >= 4 is 17.5 Å². The van der Waals surface area contributed by atoms with E-state index in [0.29, 0.717) is 11.7 Å². The van der Waals surface area contributed by atoms with Gasteiger partial charge in [-0.3, -0.25) is 0 Å². The normalized spacial score (nSPS) is 18.7. The molecular weight excluding hydrogens is 190 g/mol. The summed E-state index contributed by atoms with van der Waals surface area (Å²) in [6.45, 7) is 2.17. The van der Waals surface area contributed by atoms with E-state index >= 15 is 0 Å². The first-order valence-electron chi connectivity index (χ1n) is 5.15. The first kappa shape index (κ1) is 8.52. The molecule has 0 atom stereocenters. The fraction of sp³-hybridized carbons (Fsp3) is 0.400. The molecule has 77 valence electrons. The maximum Gasteiger partial charge on any atom is 0.187 e. The zero-order chi connectivity index (χ0) is 10.3. The van der Waals surface area contributed by atoms with Crippen LogP contribution in [0, 0.1) is 0 Å². The first-order valence-corrected chi connectivity index (χ1v) is 5.15. The molecule has 2 aliphatic rings. The Morgan fingerprint density at radius 1 is 1.20 bits per heavy atom. The standard InChI is InChI=1S/C10H12N5/c11-9-7-3-4-8(12-10(7)14-13-9)15-5-1-2-6-15/h3-4H,1-2,5-6H2,(H2,11,13). The molecule has 0 aromatic carbocycles. The summed E-state index contributed by atoms with van der Waals surface area (Å²) in [5.41, 5.74) is 10.4. The van der Waals surface area contributed by atoms with Gasteiger partial charge in [0, 0.05) is 13.1 Å². The van der Waals surface area contributed by atoms with E-state index in [1.54, 1.807) is 0 Å². The molecule has 2 N–H and O–H groups in total. The molecule has 0 unspecified atom stereocenters. The molecule has 1 aromatic rings. The van der Waals surface area contributed by atoms with E-state index in [-0.39, 0.29) is 0 Å². The van der Waals surface area contributed by atoms with Crippen molar-refractivity contribution < 1.29 is 0 Å². The van der Waals surface area contributed by atoms with Crippen LogP contribution in [0.2, 0.25) is 0 Å². The number of rotatable bonds is 1. The molecule has 1 radical (unpaired) electrons. The Bertz CT molecular complexity index is 420. The van der Waals surface area contributed by atoms with E-state index < -0.39 is 0 Å². The van der Waals surface area contributed by atoms with Crippen LogP contribution >= 0.6 is 0 Å². The Hall–Kier alpha value is -1.78. The van der Waals surface area contributed by atoms with Gasteiger partial charge in [-0.2, -0.15) is 0 Å². The van der Waals surface area contributed by atoms with Gasteiger partial charge in [-0.05, 0) is 25.0 Å². The quantitative estimate of drug-likeness (QED) is 0.723. The Balaban J connectivity index is 1.94. The Labute approximate surface area is 88.0 Å². The minimum atomic E-state index is 0.463. The van der Waals surface area contributed by atoms with E-state index in [9.17, 15) is 0 Å². The molecule has 0 aliphatic carbocycles. The second-order valence-electron chi connectivity index (χ2n) is 3.82. The average Bonchev–Trinajstić information content (AvgIpc) is 2.88. The van der Waals surface area contributed by atoms with Crippen LogP contribution in [0.5, 0.6) is 0 Å². The molecule has 1 fully saturated rings. The van der Waals surface area contributed by atoms with E-state index in [0.717, 1.165) is 24.5 Å². The topological polar surface area (TPSA) is 68.6 Å². The summed E-state index contributed by atoms with van der Waals surface area (Å²) >= 11 is 0. The van der Waals surface area contributed by atoms with Crippen LogP contribution in [-0.2, 0) is 0 Å². The van der Waals surface area contributed by atoms with Gasteiger partial charge in [0.15, 0.2) is 11.7 Å². The van der Waals surface area contributed by atoms with E-state index in [1.807, 2.05) is 12.1 Å². The number of nitrogens with zero attached hydrogens (tertiary/aromatic N) is 4. The van der Waals surface area contributed by atoms with Crippen LogP contribution in [0.3, 0.4) is 0 Å². The van der Waals surface area contributed by atoms with Crippen LogP contribution in [0.4, 0.5) is 11.6 Å². The molecule has 15 heavy (non-hydrogen) atoms. The van der Waals surface area contributed by atoms with Crippen molar-refractivity contribution in [2.24, 2.45) is 10.8 Å². The van der Waals surface area contributed by atoms with Crippen molar-refractivity contribution in [3.05, 3.63) is 17.7 Å². The predicted octanol–water partition coefficient (Wildman–Crippen LogP) is 0.552. The number of nitrogens with two attached hydrogens (primary N) is 1. The summed E-state index contributed by atoms with van der Waals surface area (Å²) in [5.74, 6) is 2.10. The summed E-state index contributed by atoms with van der Waals surface area (Å²) in [4.78, 5) is 6.72. The third kappa shape index (κ3) is 1.31. The highest BCUT2D eigenvalue weighted by Crippen LogP contribution is 2.24. The largest absolute Gasteiger partial charge is 0.382 e. The van der Waals surface area contributed by atoms with Crippen molar-refractivity contribution in [3.63, 3.8) is 0 Å². The third-order valence-corrected chi connectivity index (χ3v) is 2.82. The van der Waals surface area contributed by atoms with Gasteiger partial charge in [0.25, 0.3) is 0 Å². The summed E-state index contributed by atoms with van der Waals surface area (Å²) in [5, 5.41) is 3.81. The smallest absolute Gasteiger partial charge is 0.187 e. The summed E-state index contributed by atoms with van der Waals surface area (Å²) < 4.78 is 0. The van der Waals surface area contributed by atoms with E-state index in [1.165, 1.54) is 12.8 Å². The molecule has 0 amide bonds. The fourth-order valence-corrected chi connectivity index (χ4v) is 1.99. The number of hydrogen-bond acceptors (Lipinski definition) is 4. The van der Waals surface area contributed by atoms with Gasteiger partial charge in [-0.25, -0.2) is 4.98 Å². The minimum Gasteiger partial charge on any atom is -0.382 e. The highest BCUT2D eigenvalue weighted by Gasteiger charge is 2.20. The number of aromatic nitrogens is 1. The molecule has 0 spiro atoms. The zero-order valence-corrected chi connectivity index (χ0v) is 8.35. The second-order valence-corrected chi connectivity index (χ2v) is 3.82. The number of anilines is 1. The highest BCUT2D eigenvalue weighted by atomic mass is 15.4. The Morgan fingerprint density at radius 3 is 2.80 bits per heavy atom. The lowest BCUT2D eigenvalue weighted by atomic mass is 10.2. The van der Waals surface area contributed by atoms with Crippen molar-refractivity contribution in [1.82, 2.24) is 10.4 Å². The molecule has 1 saturated heterocycles. The second kappa shape index (κ2) is 3.12. The van der Waals surface area contributed by atoms with Crippen molar-refractivity contribution in [2.45, 2.75) is 12.8 Å². The van der Waals surface area contributed by atoms with Crippen LogP contribution in [0.15, 0.2) is 17.2 Å². The maximum absolute atomic E-state index is 5.65. The lowest BCUT2D eigenvalue weighted by Gasteiger charge is -2.16. The number of pyridine rings is 1. The predicted molar refractivity (Wildman–Crippen MR) is 58.2 cm³/mol. The molecule has 0 saturated carbocycles. The lowest BCUT2D eigenvalue weighted by molar-refractivity contribution is 0.902. The van der Waals surface area contributed by atoms with Crippen LogP contribution in [0.25, 0.3) is 0 Å². The first-order chi connectivity index (χ1) is 7.34. The van der Waals surface area contributed by atoms with Gasteiger partial charge in [0.2, 0.25) is 0 Å². The van der Waals surface area contributed by atoms with Crippen LogP contribution in [0.1, 0.15) is 18.4 Å². The summed E-state index contributed by atoms with van der Waals surface area (Å²) in [7, 11) is 0. The average molecular weight is 202 g/mol. The van der Waals surface area contributed by atoms with Crippen LogP contribution < -0.4 is 16.1 Å². The van der Waals surface area contributed by atoms with Crippen molar-refractivity contribution in [2.75, 3.05) is 18.0 Å². The highest BCUT2D eigenvalue weighted by molar-refractivity contribution is 6.03. The SMILES string of the molecule is NC1=N[N]c2nc(N3CCCC3)ccc21. The van der Waals surface area contributed by atoms with Crippen molar-refractivity contribution in [1.29, 1.82) is 0 Å². The summed E-state index contributed by atoms with van der Waals surface area (Å²) in [6.07, 6.45) is 2.49. The van der Waals surface area contributed by atoms with E-state index in [2.05, 4.69) is 20.4 Å². The molecule has 5 heteroatoms. The molecule has 3 heterocycles. The molecule has 2 aliphatic heterocycles. The van der Waals surface area contributed by atoms with Gasteiger partial charge in [-0.15, -0.1) is 10.5 Å². The van der Waals surface area contributed by atoms with Crippen LogP contribution in [-0.4, -0.2) is 23.9 Å². The molecule has 5 nitrogen and oxygen atoms in total. The molecule has 0 bridgehead atoms. The number of hydrogen-bond donors (Lipinski definition) is 1. The minimum absolute atomic E-state index is 0.463.